The van der Waals surface area contributed by atoms with Crippen LogP contribution in [0.3, 0.4) is 0 Å². The van der Waals surface area contributed by atoms with Gasteiger partial charge in [0.2, 0.25) is 0 Å². The Morgan fingerprint density at radius 2 is 2.20 bits per heavy atom. The lowest BCUT2D eigenvalue weighted by molar-refractivity contribution is 0.0756. The second kappa shape index (κ2) is 7.36. The molecule has 5 nitrogen and oxygen atoms in total. The van der Waals surface area contributed by atoms with Crippen molar-refractivity contribution in [2.45, 2.75) is 6.42 Å². The lowest BCUT2D eigenvalue weighted by Crippen LogP contribution is -2.36. The Morgan fingerprint density at radius 3 is 2.85 bits per heavy atom. The second-order valence-electron chi connectivity index (χ2n) is 4.72. The summed E-state index contributed by atoms with van der Waals surface area (Å²) in [6, 6.07) is 5.27. The van der Waals surface area contributed by atoms with Crippen molar-refractivity contribution >= 4 is 21.8 Å². The van der Waals surface area contributed by atoms with Crippen molar-refractivity contribution in [2.24, 2.45) is 0 Å². The number of hydrogen-bond acceptors (Lipinski definition) is 4. The van der Waals surface area contributed by atoms with Crippen LogP contribution < -0.4 is 0 Å². The van der Waals surface area contributed by atoms with Crippen LogP contribution in [0.4, 0.5) is 0 Å². The molecule has 20 heavy (non-hydrogen) atoms. The van der Waals surface area contributed by atoms with Crippen molar-refractivity contribution in [3.63, 3.8) is 0 Å². The van der Waals surface area contributed by atoms with E-state index in [1.165, 1.54) is 6.20 Å². The van der Waals surface area contributed by atoms with E-state index < -0.39 is 0 Å². The Labute approximate surface area is 127 Å². The van der Waals surface area contributed by atoms with Crippen LogP contribution in [-0.2, 0) is 0 Å². The number of carbonyl (C=O) groups is 1. The number of nitriles is 1. The van der Waals surface area contributed by atoms with E-state index >= 15 is 0 Å². The van der Waals surface area contributed by atoms with E-state index in [-0.39, 0.29) is 5.91 Å². The minimum absolute atomic E-state index is 0.0461. The minimum Gasteiger partial charge on any atom is -0.336 e. The number of pyridine rings is 1. The molecule has 6 heteroatoms. The van der Waals surface area contributed by atoms with Crippen LogP contribution in [0.15, 0.2) is 18.3 Å². The molecule has 1 saturated heterocycles. The topological polar surface area (TPSA) is 60.2 Å². The highest BCUT2D eigenvalue weighted by atomic mass is 79.9. The normalized spacial score (nSPS) is 16.5. The molecule has 1 aromatic heterocycles. The molecule has 0 N–H and O–H groups in total. The molecule has 0 aliphatic carbocycles. The fourth-order valence-corrected chi connectivity index (χ4v) is 2.77. The Morgan fingerprint density at radius 1 is 1.35 bits per heavy atom. The monoisotopic (exact) mass is 336 g/mol. The van der Waals surface area contributed by atoms with Crippen LogP contribution in [0.25, 0.3) is 0 Å². The van der Waals surface area contributed by atoms with Crippen molar-refractivity contribution in [1.29, 1.82) is 5.26 Å². The maximum atomic E-state index is 12.4. The first-order chi connectivity index (χ1) is 9.74. The van der Waals surface area contributed by atoms with E-state index in [9.17, 15) is 4.79 Å². The van der Waals surface area contributed by atoms with E-state index in [2.05, 4.69) is 25.8 Å². The number of hydrogen-bond donors (Lipinski definition) is 0. The summed E-state index contributed by atoms with van der Waals surface area (Å²) in [5, 5.41) is 9.69. The van der Waals surface area contributed by atoms with Crippen LogP contribution >= 0.6 is 15.9 Å². The van der Waals surface area contributed by atoms with Gasteiger partial charge < -0.3 is 9.80 Å². The highest BCUT2D eigenvalue weighted by Gasteiger charge is 2.20. The van der Waals surface area contributed by atoms with Gasteiger partial charge in [0.15, 0.2) is 0 Å². The Balaban J connectivity index is 1.99. The summed E-state index contributed by atoms with van der Waals surface area (Å²) in [6.45, 7) is 4.42. The Bertz CT molecular complexity index is 497. The number of nitrogens with zero attached hydrogens (tertiary/aromatic N) is 4. The average Bonchev–Trinajstić information content (AvgIpc) is 2.73. The quantitative estimate of drug-likeness (QED) is 0.785. The zero-order valence-electron chi connectivity index (χ0n) is 11.3. The van der Waals surface area contributed by atoms with E-state index in [1.807, 2.05) is 11.0 Å². The van der Waals surface area contributed by atoms with Crippen LogP contribution in [-0.4, -0.2) is 58.7 Å². The zero-order chi connectivity index (χ0) is 14.4. The molecule has 0 bridgehead atoms. The summed E-state index contributed by atoms with van der Waals surface area (Å²) in [5.41, 5.74) is 0.888. The number of carbonyl (C=O) groups excluding carboxylic acids is 1. The average molecular weight is 337 g/mol. The van der Waals surface area contributed by atoms with Crippen molar-refractivity contribution in [3.05, 3.63) is 29.6 Å². The minimum atomic E-state index is -0.0461. The van der Waals surface area contributed by atoms with Crippen LogP contribution in [0.1, 0.15) is 22.5 Å². The lowest BCUT2D eigenvalue weighted by atomic mass is 10.2. The zero-order valence-corrected chi connectivity index (χ0v) is 12.8. The third kappa shape index (κ3) is 3.78. The summed E-state index contributed by atoms with van der Waals surface area (Å²) in [5.74, 6) is -0.0461. The maximum absolute atomic E-state index is 12.4. The van der Waals surface area contributed by atoms with Crippen LogP contribution in [0.2, 0.25) is 0 Å². The van der Waals surface area contributed by atoms with Crippen molar-refractivity contribution in [3.8, 4) is 6.07 Å². The Hall–Kier alpha value is -1.45. The first-order valence-corrected chi connectivity index (χ1v) is 7.80. The molecule has 0 saturated carbocycles. The lowest BCUT2D eigenvalue weighted by Gasteiger charge is -2.21. The molecule has 0 aromatic carbocycles. The largest absolute Gasteiger partial charge is 0.336 e. The molecule has 1 aromatic rings. The molecule has 2 rings (SSSR count). The summed E-state index contributed by atoms with van der Waals surface area (Å²) in [4.78, 5) is 20.7. The van der Waals surface area contributed by atoms with Gasteiger partial charge in [-0.15, -0.1) is 0 Å². The van der Waals surface area contributed by atoms with Crippen molar-refractivity contribution < 1.29 is 4.79 Å². The summed E-state index contributed by atoms with van der Waals surface area (Å²) in [6.07, 6.45) is 2.43. The van der Waals surface area contributed by atoms with E-state index in [0.29, 0.717) is 11.3 Å². The van der Waals surface area contributed by atoms with Crippen LogP contribution in [0, 0.1) is 11.3 Å². The van der Waals surface area contributed by atoms with Gasteiger partial charge in [-0.05, 0) is 25.1 Å². The van der Waals surface area contributed by atoms with Gasteiger partial charge in [-0.1, -0.05) is 15.9 Å². The highest BCUT2D eigenvalue weighted by Crippen LogP contribution is 2.08. The van der Waals surface area contributed by atoms with Gasteiger partial charge in [-0.25, -0.2) is 4.98 Å². The summed E-state index contributed by atoms with van der Waals surface area (Å²) < 4.78 is 0. The third-order valence-electron chi connectivity index (χ3n) is 3.39. The smallest absolute Gasteiger partial charge is 0.272 e. The summed E-state index contributed by atoms with van der Waals surface area (Å²) in [7, 11) is 0. The fraction of sp³-hybridized carbons (Fsp3) is 0.500. The first-order valence-electron chi connectivity index (χ1n) is 6.68. The second-order valence-corrected chi connectivity index (χ2v) is 5.51. The van der Waals surface area contributed by atoms with Gasteiger partial charge in [0.05, 0.1) is 5.56 Å². The number of aromatic nitrogens is 1. The molecule has 106 valence electrons. The number of halogens is 1. The van der Waals surface area contributed by atoms with Gasteiger partial charge in [0.25, 0.3) is 5.91 Å². The third-order valence-corrected chi connectivity index (χ3v) is 3.74. The number of rotatable bonds is 3. The molecule has 0 spiro atoms. The van der Waals surface area contributed by atoms with Crippen LogP contribution in [0.5, 0.6) is 0 Å². The molecule has 1 aliphatic heterocycles. The standard InChI is InChI=1S/C14H17BrN4O/c15-4-7-18-5-1-6-19(9-8-18)14(20)13-3-2-12(10-16)11-17-13/h2-3,11H,1,4-9H2. The molecule has 2 heterocycles. The van der Waals surface area contributed by atoms with E-state index in [4.69, 9.17) is 5.26 Å². The molecule has 0 atom stereocenters. The SMILES string of the molecule is N#Cc1ccc(C(=O)N2CCCN(CCBr)CC2)nc1. The first kappa shape index (κ1) is 14.9. The maximum Gasteiger partial charge on any atom is 0.272 e. The predicted molar refractivity (Wildman–Crippen MR) is 79.7 cm³/mol. The molecule has 1 amide bonds. The van der Waals surface area contributed by atoms with Crippen molar-refractivity contribution in [1.82, 2.24) is 14.8 Å². The van der Waals surface area contributed by atoms with E-state index in [0.717, 1.165) is 44.5 Å². The Kier molecular flexibility index (Phi) is 5.50. The van der Waals surface area contributed by atoms with Gasteiger partial charge in [0.1, 0.15) is 11.8 Å². The van der Waals surface area contributed by atoms with Gasteiger partial charge >= 0.3 is 0 Å². The molecular formula is C14H17BrN4O. The molecule has 1 aliphatic rings. The van der Waals surface area contributed by atoms with Gasteiger partial charge in [-0.2, -0.15) is 5.26 Å². The van der Waals surface area contributed by atoms with Gasteiger partial charge in [-0.3, -0.25) is 4.79 Å². The number of amides is 1. The van der Waals surface area contributed by atoms with Crippen molar-refractivity contribution in [2.75, 3.05) is 38.1 Å². The highest BCUT2D eigenvalue weighted by molar-refractivity contribution is 9.09. The van der Waals surface area contributed by atoms with Gasteiger partial charge in [0, 0.05) is 37.7 Å². The fourth-order valence-electron chi connectivity index (χ4n) is 2.27. The molecule has 0 radical (unpaired) electrons. The predicted octanol–water partition coefficient (Wildman–Crippen LogP) is 1.50. The van der Waals surface area contributed by atoms with E-state index in [1.54, 1.807) is 12.1 Å². The number of alkyl halides is 1. The molecular weight excluding hydrogens is 320 g/mol. The summed E-state index contributed by atoms with van der Waals surface area (Å²) >= 11 is 3.45. The molecule has 0 unspecified atom stereocenters. The molecule has 1 fully saturated rings.